The van der Waals surface area contributed by atoms with Gasteiger partial charge in [0.1, 0.15) is 0 Å². The van der Waals surface area contributed by atoms with Crippen molar-refractivity contribution < 1.29 is 0 Å². The molecular formula is C17H20ClNS. The van der Waals surface area contributed by atoms with Crippen LogP contribution in [0, 0.1) is 13.8 Å². The van der Waals surface area contributed by atoms with Crippen LogP contribution in [-0.2, 0) is 6.42 Å². The van der Waals surface area contributed by atoms with Crippen LogP contribution in [0.25, 0.3) is 0 Å². The highest BCUT2D eigenvalue weighted by atomic mass is 35.5. The fourth-order valence-corrected chi connectivity index (χ4v) is 3.37. The first-order valence-electron chi connectivity index (χ1n) is 6.75. The smallest absolute Gasteiger partial charge is 0.0417 e. The van der Waals surface area contributed by atoms with Crippen LogP contribution < -0.4 is 5.73 Å². The van der Waals surface area contributed by atoms with Crippen molar-refractivity contribution in [2.45, 2.75) is 43.0 Å². The molecule has 0 aliphatic carbocycles. The largest absolute Gasteiger partial charge is 0.328 e. The minimum Gasteiger partial charge on any atom is -0.328 e. The van der Waals surface area contributed by atoms with Crippen LogP contribution in [0.2, 0.25) is 5.02 Å². The summed E-state index contributed by atoms with van der Waals surface area (Å²) in [6.45, 7) is 6.30. The van der Waals surface area contributed by atoms with Crippen molar-refractivity contribution in [1.29, 1.82) is 0 Å². The highest BCUT2D eigenvalue weighted by molar-refractivity contribution is 7.99. The summed E-state index contributed by atoms with van der Waals surface area (Å²) in [4.78, 5) is 2.43. The monoisotopic (exact) mass is 305 g/mol. The van der Waals surface area contributed by atoms with Gasteiger partial charge < -0.3 is 5.73 Å². The average Bonchev–Trinajstić information content (AvgIpc) is 2.37. The number of rotatable bonds is 4. The van der Waals surface area contributed by atoms with E-state index in [4.69, 9.17) is 17.3 Å². The quantitative estimate of drug-likeness (QED) is 0.860. The number of benzene rings is 2. The van der Waals surface area contributed by atoms with E-state index in [1.807, 2.05) is 19.1 Å². The molecule has 0 fully saturated rings. The first-order valence-corrected chi connectivity index (χ1v) is 7.94. The third-order valence-corrected chi connectivity index (χ3v) is 4.60. The van der Waals surface area contributed by atoms with Gasteiger partial charge in [0, 0.05) is 20.9 Å². The molecule has 0 spiro atoms. The summed E-state index contributed by atoms with van der Waals surface area (Å²) in [6, 6.07) is 12.7. The lowest BCUT2D eigenvalue weighted by atomic mass is 10.1. The third kappa shape index (κ3) is 4.02. The molecule has 20 heavy (non-hydrogen) atoms. The molecule has 0 aliphatic heterocycles. The molecule has 0 saturated carbocycles. The van der Waals surface area contributed by atoms with E-state index in [1.165, 1.54) is 26.5 Å². The lowest BCUT2D eigenvalue weighted by molar-refractivity contribution is 0.729. The molecule has 2 N–H and O–H groups in total. The second-order valence-corrected chi connectivity index (χ2v) is 6.83. The fourth-order valence-electron chi connectivity index (χ4n) is 2.04. The Balaban J connectivity index is 2.31. The summed E-state index contributed by atoms with van der Waals surface area (Å²) in [5, 5.41) is 0.768. The Morgan fingerprint density at radius 3 is 2.50 bits per heavy atom. The summed E-state index contributed by atoms with van der Waals surface area (Å²) < 4.78 is 0. The molecular weight excluding hydrogens is 286 g/mol. The van der Waals surface area contributed by atoms with Crippen molar-refractivity contribution in [3.63, 3.8) is 0 Å². The zero-order valence-electron chi connectivity index (χ0n) is 12.1. The lowest BCUT2D eigenvalue weighted by Gasteiger charge is -2.12. The zero-order chi connectivity index (χ0) is 14.7. The van der Waals surface area contributed by atoms with Crippen LogP contribution in [0.4, 0.5) is 0 Å². The van der Waals surface area contributed by atoms with E-state index in [-0.39, 0.29) is 6.04 Å². The highest BCUT2D eigenvalue weighted by Gasteiger charge is 2.08. The first kappa shape index (κ1) is 15.4. The molecule has 2 rings (SSSR count). The minimum atomic E-state index is 0.148. The van der Waals surface area contributed by atoms with Crippen molar-refractivity contribution in [3.05, 3.63) is 58.1 Å². The second kappa shape index (κ2) is 6.66. The van der Waals surface area contributed by atoms with Crippen LogP contribution in [-0.4, -0.2) is 6.04 Å². The molecule has 2 aromatic rings. The third-order valence-electron chi connectivity index (χ3n) is 3.28. The summed E-state index contributed by atoms with van der Waals surface area (Å²) >= 11 is 7.88. The van der Waals surface area contributed by atoms with Crippen LogP contribution >= 0.6 is 23.4 Å². The maximum absolute atomic E-state index is 6.13. The number of halogens is 1. The Hall–Kier alpha value is -0.960. The zero-order valence-corrected chi connectivity index (χ0v) is 13.7. The number of hydrogen-bond acceptors (Lipinski definition) is 2. The molecule has 0 aromatic heterocycles. The Kier molecular flexibility index (Phi) is 5.14. The van der Waals surface area contributed by atoms with E-state index in [1.54, 1.807) is 11.8 Å². The standard InChI is InChI=1S/C17H20ClNS/c1-11-4-7-16(8-12(11)2)20-17-10-15(18)6-5-14(17)9-13(3)19/h4-8,10,13H,9,19H2,1-3H3. The molecule has 0 aliphatic rings. The Labute approximate surface area is 130 Å². The van der Waals surface area contributed by atoms with Crippen LogP contribution in [0.1, 0.15) is 23.6 Å². The maximum atomic E-state index is 6.13. The van der Waals surface area contributed by atoms with Crippen LogP contribution in [0.15, 0.2) is 46.2 Å². The molecule has 0 saturated heterocycles. The Morgan fingerprint density at radius 1 is 1.10 bits per heavy atom. The van der Waals surface area contributed by atoms with Gasteiger partial charge in [-0.15, -0.1) is 0 Å². The van der Waals surface area contributed by atoms with E-state index in [0.717, 1.165) is 11.4 Å². The number of aryl methyl sites for hydroxylation is 2. The summed E-state index contributed by atoms with van der Waals surface area (Å²) in [6.07, 6.45) is 0.865. The molecule has 1 unspecified atom stereocenters. The second-order valence-electron chi connectivity index (χ2n) is 5.28. The number of hydrogen-bond donors (Lipinski definition) is 1. The molecule has 1 atom stereocenters. The van der Waals surface area contributed by atoms with Crippen molar-refractivity contribution in [1.82, 2.24) is 0 Å². The van der Waals surface area contributed by atoms with E-state index < -0.39 is 0 Å². The van der Waals surface area contributed by atoms with Gasteiger partial charge in [-0.05, 0) is 68.1 Å². The summed E-state index contributed by atoms with van der Waals surface area (Å²) in [7, 11) is 0. The maximum Gasteiger partial charge on any atom is 0.0417 e. The summed E-state index contributed by atoms with van der Waals surface area (Å²) in [5.41, 5.74) is 9.81. The molecule has 2 aromatic carbocycles. The predicted molar refractivity (Wildman–Crippen MR) is 88.8 cm³/mol. The van der Waals surface area contributed by atoms with E-state index >= 15 is 0 Å². The van der Waals surface area contributed by atoms with Gasteiger partial charge in [-0.25, -0.2) is 0 Å². The van der Waals surface area contributed by atoms with Gasteiger partial charge in [-0.3, -0.25) is 0 Å². The highest BCUT2D eigenvalue weighted by Crippen LogP contribution is 2.33. The predicted octanol–water partition coefficient (Wildman–Crippen LogP) is 5.00. The number of nitrogens with two attached hydrogens (primary N) is 1. The van der Waals surface area contributed by atoms with Crippen molar-refractivity contribution in [2.75, 3.05) is 0 Å². The Morgan fingerprint density at radius 2 is 1.85 bits per heavy atom. The fraction of sp³-hybridized carbons (Fsp3) is 0.294. The van der Waals surface area contributed by atoms with Crippen molar-refractivity contribution >= 4 is 23.4 Å². The van der Waals surface area contributed by atoms with Gasteiger partial charge in [0.25, 0.3) is 0 Å². The lowest BCUT2D eigenvalue weighted by Crippen LogP contribution is -2.18. The van der Waals surface area contributed by atoms with Gasteiger partial charge in [0.05, 0.1) is 0 Å². The molecule has 106 valence electrons. The van der Waals surface area contributed by atoms with Gasteiger partial charge in [0.2, 0.25) is 0 Å². The van der Waals surface area contributed by atoms with Crippen LogP contribution in [0.3, 0.4) is 0 Å². The average molecular weight is 306 g/mol. The molecule has 0 bridgehead atoms. The SMILES string of the molecule is Cc1ccc(Sc2cc(Cl)ccc2CC(C)N)cc1C. The molecule has 1 nitrogen and oxygen atoms in total. The van der Waals surface area contributed by atoms with Crippen molar-refractivity contribution in [3.8, 4) is 0 Å². The van der Waals surface area contributed by atoms with E-state index in [2.05, 4.69) is 38.1 Å². The van der Waals surface area contributed by atoms with E-state index in [9.17, 15) is 0 Å². The topological polar surface area (TPSA) is 26.0 Å². The molecule has 3 heteroatoms. The van der Waals surface area contributed by atoms with Gasteiger partial charge >= 0.3 is 0 Å². The molecule has 0 amide bonds. The molecule has 0 radical (unpaired) electrons. The van der Waals surface area contributed by atoms with Crippen LogP contribution in [0.5, 0.6) is 0 Å². The van der Waals surface area contributed by atoms with Gasteiger partial charge in [0.15, 0.2) is 0 Å². The van der Waals surface area contributed by atoms with Crippen molar-refractivity contribution in [2.24, 2.45) is 5.73 Å². The van der Waals surface area contributed by atoms with E-state index in [0.29, 0.717) is 0 Å². The van der Waals surface area contributed by atoms with Gasteiger partial charge in [-0.1, -0.05) is 35.5 Å². The first-order chi connectivity index (χ1) is 9.45. The summed E-state index contributed by atoms with van der Waals surface area (Å²) in [5.74, 6) is 0. The van der Waals surface area contributed by atoms with Gasteiger partial charge in [-0.2, -0.15) is 0 Å². The minimum absolute atomic E-state index is 0.148. The Bertz CT molecular complexity index is 608. The normalized spacial score (nSPS) is 12.4. The molecule has 0 heterocycles.